The Kier molecular flexibility index (Phi) is 8.86. The lowest BCUT2D eigenvalue weighted by molar-refractivity contribution is -0.257. The van der Waals surface area contributed by atoms with Gasteiger partial charge in [0.15, 0.2) is 0 Å². The Bertz CT molecular complexity index is 1460. The number of carboxylic acids is 1. The number of hydrogen-bond acceptors (Lipinski definition) is 7. The maximum Gasteiger partial charge on any atom is 0.427 e. The Morgan fingerprint density at radius 1 is 1.05 bits per heavy atom. The summed E-state index contributed by atoms with van der Waals surface area (Å²) in [5.74, 6) is -2.87. The molecule has 0 bridgehead atoms. The van der Waals surface area contributed by atoms with E-state index in [9.17, 15) is 54.6 Å². The van der Waals surface area contributed by atoms with Crippen LogP contribution in [0.2, 0.25) is 0 Å². The van der Waals surface area contributed by atoms with E-state index in [2.05, 4.69) is 4.74 Å². The third-order valence-corrected chi connectivity index (χ3v) is 8.42. The van der Waals surface area contributed by atoms with Crippen molar-refractivity contribution < 1.29 is 64.0 Å². The van der Waals surface area contributed by atoms with Gasteiger partial charge in [-0.3, -0.25) is 13.9 Å². The number of carbonyl (C=O) groups excluding carboxylic acids is 1. The minimum atomic E-state index is -4.88. The second kappa shape index (κ2) is 11.3. The predicted octanol–water partition coefficient (Wildman–Crippen LogP) is 4.56. The number of fused-ring (bicyclic) bond motifs is 1. The van der Waals surface area contributed by atoms with Crippen molar-refractivity contribution in [3.05, 3.63) is 53.6 Å². The zero-order valence-electron chi connectivity index (χ0n) is 22.4. The van der Waals surface area contributed by atoms with Crippen molar-refractivity contribution in [2.45, 2.75) is 62.6 Å². The molecule has 0 unspecified atom stereocenters. The van der Waals surface area contributed by atoms with E-state index in [4.69, 9.17) is 4.74 Å². The molecule has 0 spiro atoms. The quantitative estimate of drug-likeness (QED) is 0.306. The molecule has 42 heavy (non-hydrogen) atoms. The number of carbonyl (C=O) groups is 2. The van der Waals surface area contributed by atoms with E-state index in [0.717, 1.165) is 18.2 Å². The number of aliphatic carboxylic acids is 1. The normalized spacial score (nSPS) is 17.6. The summed E-state index contributed by atoms with van der Waals surface area (Å²) >= 11 is 0. The number of aliphatic hydroxyl groups excluding tert-OH is 1. The molecular formula is C26H27F6NO8S. The third-order valence-electron chi connectivity index (χ3n) is 6.65. The van der Waals surface area contributed by atoms with Crippen molar-refractivity contribution in [2.24, 2.45) is 5.41 Å². The molecule has 2 atom stereocenters. The predicted molar refractivity (Wildman–Crippen MR) is 134 cm³/mol. The highest BCUT2D eigenvalue weighted by Crippen LogP contribution is 2.41. The largest absolute Gasteiger partial charge is 0.486 e. The summed E-state index contributed by atoms with van der Waals surface area (Å²) in [6.07, 6.45) is -12.1. The summed E-state index contributed by atoms with van der Waals surface area (Å²) in [6, 6.07) is 6.41. The Labute approximate surface area is 236 Å². The van der Waals surface area contributed by atoms with Gasteiger partial charge in [0.1, 0.15) is 11.9 Å². The minimum absolute atomic E-state index is 0.00579. The van der Waals surface area contributed by atoms with E-state index >= 15 is 0 Å². The first-order chi connectivity index (χ1) is 19.1. The molecule has 0 aromatic heterocycles. The number of halogens is 6. The number of rotatable bonds is 9. The van der Waals surface area contributed by atoms with E-state index in [0.29, 0.717) is 30.3 Å². The number of hydrogen-bond donors (Lipinski definition) is 2. The lowest BCUT2D eigenvalue weighted by atomic mass is 9.85. The Hall–Kier alpha value is -3.53. The van der Waals surface area contributed by atoms with E-state index < -0.39 is 87.9 Å². The number of benzene rings is 2. The van der Waals surface area contributed by atoms with Crippen LogP contribution in [0.15, 0.2) is 47.4 Å². The molecule has 1 aliphatic rings. The van der Waals surface area contributed by atoms with Crippen LogP contribution in [-0.2, 0) is 36.9 Å². The van der Waals surface area contributed by atoms with Crippen LogP contribution in [0.4, 0.5) is 32.0 Å². The number of nitrogens with zero attached hydrogens (tertiary/aromatic N) is 1. The van der Waals surface area contributed by atoms with Crippen molar-refractivity contribution in [1.82, 2.24) is 0 Å². The van der Waals surface area contributed by atoms with Crippen molar-refractivity contribution in [3.8, 4) is 5.75 Å². The van der Waals surface area contributed by atoms with Crippen LogP contribution in [0, 0.1) is 5.41 Å². The number of ether oxygens (including phenoxy) is 2. The second-order valence-electron chi connectivity index (χ2n) is 10.5. The lowest BCUT2D eigenvalue weighted by Gasteiger charge is -2.38. The maximum atomic E-state index is 13.7. The topological polar surface area (TPSA) is 130 Å². The Balaban J connectivity index is 2.06. The van der Waals surface area contributed by atoms with Crippen molar-refractivity contribution >= 4 is 27.6 Å². The molecule has 1 aliphatic heterocycles. The minimum Gasteiger partial charge on any atom is -0.486 e. The number of aliphatic hydroxyl groups is 1. The second-order valence-corrected chi connectivity index (χ2v) is 12.4. The summed E-state index contributed by atoms with van der Waals surface area (Å²) in [5, 5.41) is 19.2. The molecule has 3 rings (SSSR count). The molecule has 0 aliphatic carbocycles. The van der Waals surface area contributed by atoms with Crippen molar-refractivity contribution in [3.63, 3.8) is 0 Å². The highest BCUT2D eigenvalue weighted by molar-refractivity contribution is 7.92. The molecule has 9 nitrogen and oxygen atoms in total. The monoisotopic (exact) mass is 627 g/mol. The van der Waals surface area contributed by atoms with Gasteiger partial charge < -0.3 is 19.7 Å². The Morgan fingerprint density at radius 3 is 2.24 bits per heavy atom. The molecule has 16 heteroatoms. The fraction of sp³-hybridized carbons (Fsp3) is 0.462. The first kappa shape index (κ1) is 33.0. The molecule has 2 aromatic carbocycles. The summed E-state index contributed by atoms with van der Waals surface area (Å²) in [7, 11) is -4.79. The third kappa shape index (κ3) is 6.91. The molecule has 2 aromatic rings. The fourth-order valence-electron chi connectivity index (χ4n) is 4.03. The van der Waals surface area contributed by atoms with Crippen LogP contribution in [0.25, 0.3) is 0 Å². The van der Waals surface area contributed by atoms with Gasteiger partial charge in [-0.05, 0) is 56.7 Å². The zero-order chi connectivity index (χ0) is 31.9. The first-order valence-electron chi connectivity index (χ1n) is 12.2. The van der Waals surface area contributed by atoms with Gasteiger partial charge in [-0.25, -0.2) is 8.42 Å². The van der Waals surface area contributed by atoms with Gasteiger partial charge in [-0.1, -0.05) is 12.1 Å². The summed E-state index contributed by atoms with van der Waals surface area (Å²) < 4.78 is 118. The standard InChI is InChI=1S/C26H27F6NO8S/c1-23(2,26(30,31)32)41-21(35)10-15-7-8-20-19(9-15)33(13-17(40-20)12-24(3,14-34)22(36)37)42(38,39)18-6-4-5-16(11-18)25(27,28)29/h4-9,11,17,34H,10,12-14H2,1-3H3,(H,36,37)/t17-,24-/m0/s1. The molecule has 0 saturated heterocycles. The Morgan fingerprint density at radius 2 is 1.69 bits per heavy atom. The van der Waals surface area contributed by atoms with Gasteiger partial charge in [-0.15, -0.1) is 0 Å². The van der Waals surface area contributed by atoms with Gasteiger partial charge in [0.25, 0.3) is 10.0 Å². The summed E-state index contributed by atoms with van der Waals surface area (Å²) in [4.78, 5) is 23.3. The zero-order valence-corrected chi connectivity index (χ0v) is 23.2. The van der Waals surface area contributed by atoms with Gasteiger partial charge in [-0.2, -0.15) is 26.3 Å². The van der Waals surface area contributed by atoms with E-state index in [-0.39, 0.29) is 17.0 Å². The van der Waals surface area contributed by atoms with Crippen LogP contribution in [0.3, 0.4) is 0 Å². The van der Waals surface area contributed by atoms with Gasteiger partial charge in [0, 0.05) is 6.42 Å². The van der Waals surface area contributed by atoms with Gasteiger partial charge in [0.05, 0.1) is 41.1 Å². The van der Waals surface area contributed by atoms with E-state index in [1.165, 1.54) is 19.1 Å². The number of anilines is 1. The SMILES string of the molecule is CC(C)(OC(=O)Cc1ccc2c(c1)N(S(=O)(=O)c1cccc(C(F)(F)F)c1)C[C@H](C[C@@](C)(CO)C(=O)O)O2)C(F)(F)F. The lowest BCUT2D eigenvalue weighted by Crippen LogP contribution is -2.47. The fourth-order valence-corrected chi connectivity index (χ4v) is 5.57. The molecule has 0 fully saturated rings. The maximum absolute atomic E-state index is 13.7. The molecule has 0 amide bonds. The van der Waals surface area contributed by atoms with Crippen LogP contribution in [0.1, 0.15) is 38.3 Å². The molecule has 2 N–H and O–H groups in total. The van der Waals surface area contributed by atoms with E-state index in [1.807, 2.05) is 0 Å². The van der Waals surface area contributed by atoms with E-state index in [1.54, 1.807) is 0 Å². The van der Waals surface area contributed by atoms with Crippen molar-refractivity contribution in [1.29, 1.82) is 0 Å². The smallest absolute Gasteiger partial charge is 0.427 e. The average Bonchev–Trinajstić information content (AvgIpc) is 2.86. The summed E-state index contributed by atoms with van der Waals surface area (Å²) in [5.41, 5.74) is -6.12. The first-order valence-corrected chi connectivity index (χ1v) is 13.7. The molecule has 1 heterocycles. The molecule has 0 saturated carbocycles. The van der Waals surface area contributed by atoms with Crippen LogP contribution in [0.5, 0.6) is 5.75 Å². The number of carboxylic acid groups (broad SMARTS) is 1. The summed E-state index contributed by atoms with van der Waals surface area (Å²) in [6.45, 7) is 1.03. The van der Waals surface area contributed by atoms with Crippen LogP contribution < -0.4 is 9.04 Å². The van der Waals surface area contributed by atoms with Gasteiger partial charge >= 0.3 is 24.3 Å². The molecular weight excluding hydrogens is 600 g/mol. The van der Waals surface area contributed by atoms with Crippen LogP contribution in [-0.4, -0.2) is 61.6 Å². The highest BCUT2D eigenvalue weighted by atomic mass is 32.2. The number of alkyl halides is 6. The van der Waals surface area contributed by atoms with Crippen molar-refractivity contribution in [2.75, 3.05) is 17.5 Å². The highest BCUT2D eigenvalue weighted by Gasteiger charge is 2.51. The van der Waals surface area contributed by atoms with Crippen LogP contribution >= 0.6 is 0 Å². The molecule has 232 valence electrons. The number of sulfonamides is 1. The van der Waals surface area contributed by atoms with Gasteiger partial charge in [0.2, 0.25) is 5.60 Å². The average molecular weight is 628 g/mol. The number of esters is 1. The molecule has 0 radical (unpaired) electrons.